The summed E-state index contributed by atoms with van der Waals surface area (Å²) in [5, 5.41) is 21.4. The van der Waals surface area contributed by atoms with Crippen LogP contribution in [0.1, 0.15) is 42.6 Å². The van der Waals surface area contributed by atoms with Gasteiger partial charge in [-0.1, -0.05) is 30.9 Å². The van der Waals surface area contributed by atoms with Gasteiger partial charge in [0, 0.05) is 30.6 Å². The number of hydrogen-bond acceptors (Lipinski definition) is 4. The monoisotopic (exact) mass is 485 g/mol. The second-order valence-corrected chi connectivity index (χ2v) is 8.85. The minimum absolute atomic E-state index is 0.0225. The summed E-state index contributed by atoms with van der Waals surface area (Å²) in [5.74, 6) is -1.47. The van der Waals surface area contributed by atoms with Crippen LogP contribution in [0.25, 0.3) is 11.1 Å². The van der Waals surface area contributed by atoms with Crippen LogP contribution in [0, 0.1) is 16.9 Å². The highest BCUT2D eigenvalue weighted by atomic mass is 35.5. The zero-order valence-electron chi connectivity index (χ0n) is 18.6. The van der Waals surface area contributed by atoms with E-state index in [2.05, 4.69) is 15.7 Å². The van der Waals surface area contributed by atoms with Crippen molar-refractivity contribution in [3.8, 4) is 11.1 Å². The number of hydrogen-bond donors (Lipinski definition) is 2. The van der Waals surface area contributed by atoms with E-state index < -0.39 is 23.7 Å². The molecule has 1 saturated carbocycles. The Balaban J connectivity index is 1.54. The smallest absolute Gasteiger partial charge is 0.270 e. The van der Waals surface area contributed by atoms with Gasteiger partial charge in [0.15, 0.2) is 12.4 Å². The lowest BCUT2D eigenvalue weighted by Gasteiger charge is -2.30. The maximum atomic E-state index is 14.9. The van der Waals surface area contributed by atoms with Crippen molar-refractivity contribution >= 4 is 29.1 Å². The molecule has 3 aromatic rings. The third kappa shape index (κ3) is 5.20. The summed E-state index contributed by atoms with van der Waals surface area (Å²) in [6.45, 7) is 0. The Morgan fingerprint density at radius 1 is 1.21 bits per heavy atom. The number of halogens is 2. The van der Waals surface area contributed by atoms with Crippen LogP contribution in [-0.2, 0) is 11.8 Å². The molecule has 10 heteroatoms. The van der Waals surface area contributed by atoms with Gasteiger partial charge in [-0.25, -0.2) is 4.39 Å². The van der Waals surface area contributed by atoms with Crippen LogP contribution in [-0.4, -0.2) is 27.6 Å². The molecular weight excluding hydrogens is 461 g/mol. The van der Waals surface area contributed by atoms with E-state index in [0.717, 1.165) is 32.1 Å². The fourth-order valence-electron chi connectivity index (χ4n) is 4.37. The molecule has 1 aliphatic rings. The molecule has 0 spiro atoms. The van der Waals surface area contributed by atoms with Gasteiger partial charge in [-0.3, -0.25) is 14.3 Å². The standard InChI is InChI=1S/C24H25ClFN5O3/c1-30-21(9-11-27-30)23(32)29-22(15-5-3-2-4-6-15)24(33)28-16-7-8-17(20(26)13-16)18-14-31(34)12-10-19(18)25/h7-15,22H,2-6H2,1H3,(H,28,33)(H,29,32). The largest absolute Gasteiger partial charge is 0.619 e. The van der Waals surface area contributed by atoms with E-state index in [4.69, 9.17) is 11.6 Å². The van der Waals surface area contributed by atoms with Crippen molar-refractivity contribution in [3.05, 3.63) is 70.7 Å². The van der Waals surface area contributed by atoms with E-state index in [1.807, 2.05) is 0 Å². The summed E-state index contributed by atoms with van der Waals surface area (Å²) >= 11 is 6.12. The molecule has 0 aliphatic heterocycles. The van der Waals surface area contributed by atoms with Crippen molar-refractivity contribution < 1.29 is 18.7 Å². The fraction of sp³-hybridized carbons (Fsp3) is 0.333. The lowest BCUT2D eigenvalue weighted by molar-refractivity contribution is -0.604. The summed E-state index contributed by atoms with van der Waals surface area (Å²) in [5.41, 5.74) is 0.975. The molecule has 2 heterocycles. The molecule has 1 aliphatic carbocycles. The van der Waals surface area contributed by atoms with Gasteiger partial charge in [0.2, 0.25) is 5.91 Å². The Morgan fingerprint density at radius 3 is 2.65 bits per heavy atom. The minimum Gasteiger partial charge on any atom is -0.619 e. The maximum absolute atomic E-state index is 14.9. The second-order valence-electron chi connectivity index (χ2n) is 8.44. The molecule has 2 amide bonds. The average molecular weight is 486 g/mol. The Bertz CT molecular complexity index is 1210. The van der Waals surface area contributed by atoms with Crippen molar-refractivity contribution in [3.63, 3.8) is 0 Å². The molecule has 0 bridgehead atoms. The number of amides is 2. The first kappa shape index (κ1) is 23.7. The fourth-order valence-corrected chi connectivity index (χ4v) is 4.57. The van der Waals surface area contributed by atoms with Crippen molar-refractivity contribution in [2.45, 2.75) is 38.1 Å². The molecule has 0 saturated heterocycles. The lowest BCUT2D eigenvalue weighted by Crippen LogP contribution is -2.49. The van der Waals surface area contributed by atoms with Crippen molar-refractivity contribution in [2.75, 3.05) is 5.32 Å². The van der Waals surface area contributed by atoms with Crippen LogP contribution < -0.4 is 15.4 Å². The van der Waals surface area contributed by atoms with E-state index in [1.54, 1.807) is 13.1 Å². The van der Waals surface area contributed by atoms with Gasteiger partial charge in [0.05, 0.1) is 10.6 Å². The third-order valence-corrected chi connectivity index (χ3v) is 6.48. The van der Waals surface area contributed by atoms with Gasteiger partial charge < -0.3 is 15.8 Å². The number of pyridine rings is 1. The molecule has 178 valence electrons. The number of nitrogens with one attached hydrogen (secondary N) is 2. The Morgan fingerprint density at radius 2 is 1.97 bits per heavy atom. The molecular formula is C24H25ClFN5O3. The van der Waals surface area contributed by atoms with Gasteiger partial charge in [-0.2, -0.15) is 9.83 Å². The molecule has 8 nitrogen and oxygen atoms in total. The predicted molar refractivity (Wildman–Crippen MR) is 125 cm³/mol. The van der Waals surface area contributed by atoms with Gasteiger partial charge in [0.25, 0.3) is 5.91 Å². The molecule has 34 heavy (non-hydrogen) atoms. The molecule has 2 aromatic heterocycles. The number of rotatable bonds is 6. The summed E-state index contributed by atoms with van der Waals surface area (Å²) in [6.07, 6.45) is 8.63. The Hall–Kier alpha value is -3.46. The highest BCUT2D eigenvalue weighted by molar-refractivity contribution is 6.33. The first-order chi connectivity index (χ1) is 16.3. The Kier molecular flexibility index (Phi) is 7.12. The number of benzene rings is 1. The Labute approximate surface area is 201 Å². The minimum atomic E-state index is -0.770. The molecule has 2 N–H and O–H groups in total. The molecule has 1 atom stereocenters. The van der Waals surface area contributed by atoms with Crippen LogP contribution in [0.3, 0.4) is 0 Å². The molecule has 1 unspecified atom stereocenters. The zero-order valence-corrected chi connectivity index (χ0v) is 19.4. The van der Waals surface area contributed by atoms with E-state index in [9.17, 15) is 19.2 Å². The summed E-state index contributed by atoms with van der Waals surface area (Å²) in [6, 6.07) is 6.37. The van der Waals surface area contributed by atoms with E-state index in [1.165, 1.54) is 47.5 Å². The number of aryl methyl sites for hydroxylation is 1. The topological polar surface area (TPSA) is 103 Å². The first-order valence-corrected chi connectivity index (χ1v) is 11.5. The van der Waals surface area contributed by atoms with Crippen LogP contribution in [0.2, 0.25) is 5.02 Å². The van der Waals surface area contributed by atoms with E-state index in [-0.39, 0.29) is 27.8 Å². The average Bonchev–Trinajstić information content (AvgIpc) is 3.25. The van der Waals surface area contributed by atoms with Crippen LogP contribution in [0.15, 0.2) is 48.9 Å². The molecule has 0 radical (unpaired) electrons. The number of anilines is 1. The summed E-state index contributed by atoms with van der Waals surface area (Å²) in [4.78, 5) is 26.0. The van der Waals surface area contributed by atoms with Gasteiger partial charge in [-0.15, -0.1) is 0 Å². The number of carbonyl (C=O) groups is 2. The molecule has 4 rings (SSSR count). The SMILES string of the molecule is Cn1nccc1C(=O)NC(C(=O)Nc1ccc(-c2c[n+]([O-])ccc2Cl)c(F)c1)C1CCCCC1. The number of nitrogens with zero attached hydrogens (tertiary/aromatic N) is 3. The van der Waals surface area contributed by atoms with E-state index >= 15 is 0 Å². The quantitative estimate of drug-likeness (QED) is 0.409. The number of carbonyl (C=O) groups excluding carboxylic acids is 2. The maximum Gasteiger partial charge on any atom is 0.270 e. The van der Waals surface area contributed by atoms with Crippen molar-refractivity contribution in [1.82, 2.24) is 15.1 Å². The van der Waals surface area contributed by atoms with Gasteiger partial charge >= 0.3 is 0 Å². The van der Waals surface area contributed by atoms with Crippen LogP contribution >= 0.6 is 11.6 Å². The van der Waals surface area contributed by atoms with Crippen molar-refractivity contribution in [2.24, 2.45) is 13.0 Å². The first-order valence-electron chi connectivity index (χ1n) is 11.1. The number of aromatic nitrogens is 3. The van der Waals surface area contributed by atoms with E-state index in [0.29, 0.717) is 10.4 Å². The van der Waals surface area contributed by atoms with Gasteiger partial charge in [0.1, 0.15) is 17.6 Å². The third-order valence-electron chi connectivity index (χ3n) is 6.15. The van der Waals surface area contributed by atoms with Crippen LogP contribution in [0.5, 0.6) is 0 Å². The normalized spacial score (nSPS) is 15.0. The predicted octanol–water partition coefficient (Wildman–Crippen LogP) is 3.83. The molecule has 1 fully saturated rings. The van der Waals surface area contributed by atoms with Crippen LogP contribution in [0.4, 0.5) is 10.1 Å². The molecule has 1 aromatic carbocycles. The lowest BCUT2D eigenvalue weighted by atomic mass is 9.83. The second kappa shape index (κ2) is 10.2. The highest BCUT2D eigenvalue weighted by Crippen LogP contribution is 2.31. The summed E-state index contributed by atoms with van der Waals surface area (Å²) < 4.78 is 16.9. The zero-order chi connectivity index (χ0) is 24.2. The van der Waals surface area contributed by atoms with Crippen molar-refractivity contribution in [1.29, 1.82) is 0 Å². The highest BCUT2D eigenvalue weighted by Gasteiger charge is 2.32. The van der Waals surface area contributed by atoms with Gasteiger partial charge in [-0.05, 0) is 43.0 Å². The summed E-state index contributed by atoms with van der Waals surface area (Å²) in [7, 11) is 1.65.